The summed E-state index contributed by atoms with van der Waals surface area (Å²) in [5.74, 6) is -5.32. The molecule has 0 aromatic rings. The van der Waals surface area contributed by atoms with Gasteiger partial charge in [0, 0.05) is 18.4 Å². The fourth-order valence-electron chi connectivity index (χ4n) is 4.89. The highest BCUT2D eigenvalue weighted by Crippen LogP contribution is 2.58. The number of esters is 2. The molecule has 0 radical (unpaired) electrons. The molecule has 0 aromatic carbocycles. The van der Waals surface area contributed by atoms with Crippen molar-refractivity contribution in [1.82, 2.24) is 0 Å². The minimum Gasteiger partial charge on any atom is -0.481 e. The Balaban J connectivity index is 2.53. The van der Waals surface area contributed by atoms with Gasteiger partial charge in [0.1, 0.15) is 6.10 Å². The molecule has 1 saturated heterocycles. The number of fused-ring (bicyclic) bond motifs is 1. The second-order valence-electron chi connectivity index (χ2n) is 7.67. The molecule has 2 fully saturated rings. The van der Waals surface area contributed by atoms with E-state index in [1.54, 1.807) is 13.8 Å². The lowest BCUT2D eigenvalue weighted by Crippen LogP contribution is -2.55. The number of methoxy groups -OCH3 is 1. The van der Waals surface area contributed by atoms with Crippen LogP contribution in [0.4, 0.5) is 0 Å². The molecule has 154 valence electrons. The zero-order valence-electron chi connectivity index (χ0n) is 16.3. The van der Waals surface area contributed by atoms with Gasteiger partial charge in [-0.25, -0.2) is 4.79 Å². The zero-order valence-corrected chi connectivity index (χ0v) is 16.3. The highest BCUT2D eigenvalue weighted by atomic mass is 16.6. The molecule has 2 N–H and O–H groups in total. The lowest BCUT2D eigenvalue weighted by atomic mass is 9.53. The van der Waals surface area contributed by atoms with E-state index in [-0.39, 0.29) is 0 Å². The van der Waals surface area contributed by atoms with Gasteiger partial charge in [-0.3, -0.25) is 14.4 Å². The molecular formula is C20H26O8. The van der Waals surface area contributed by atoms with Crippen molar-refractivity contribution in [1.29, 1.82) is 0 Å². The average Bonchev–Trinajstić information content (AvgIpc) is 2.86. The van der Waals surface area contributed by atoms with E-state index in [0.29, 0.717) is 30.4 Å². The zero-order chi connectivity index (χ0) is 21.2. The van der Waals surface area contributed by atoms with Crippen LogP contribution < -0.4 is 0 Å². The van der Waals surface area contributed by atoms with Gasteiger partial charge in [0.2, 0.25) is 0 Å². The van der Waals surface area contributed by atoms with Crippen molar-refractivity contribution in [3.05, 3.63) is 23.8 Å². The van der Waals surface area contributed by atoms with Gasteiger partial charge in [0.05, 0.1) is 24.9 Å². The molecule has 0 spiro atoms. The van der Waals surface area contributed by atoms with E-state index >= 15 is 0 Å². The van der Waals surface area contributed by atoms with E-state index in [1.807, 2.05) is 0 Å². The Labute approximate surface area is 163 Å². The number of ether oxygens (including phenoxy) is 2. The Kier molecular flexibility index (Phi) is 6.31. The van der Waals surface area contributed by atoms with E-state index in [1.165, 1.54) is 7.11 Å². The van der Waals surface area contributed by atoms with Crippen LogP contribution in [0.1, 0.15) is 39.5 Å². The highest BCUT2D eigenvalue weighted by Gasteiger charge is 2.65. The Morgan fingerprint density at radius 1 is 1.36 bits per heavy atom. The first kappa shape index (κ1) is 21.7. The second kappa shape index (κ2) is 8.16. The Morgan fingerprint density at radius 3 is 2.54 bits per heavy atom. The van der Waals surface area contributed by atoms with Crippen molar-refractivity contribution in [2.75, 3.05) is 7.11 Å². The first-order valence-electron chi connectivity index (χ1n) is 9.13. The maximum absolute atomic E-state index is 13.0. The van der Waals surface area contributed by atoms with Gasteiger partial charge in [0.15, 0.2) is 0 Å². The van der Waals surface area contributed by atoms with Crippen molar-refractivity contribution in [2.45, 2.75) is 45.6 Å². The van der Waals surface area contributed by atoms with Crippen LogP contribution in [-0.2, 0) is 28.7 Å². The lowest BCUT2D eigenvalue weighted by molar-refractivity contribution is -0.173. The third kappa shape index (κ3) is 3.81. The monoisotopic (exact) mass is 394 g/mol. The number of hydrogen-bond donors (Lipinski definition) is 2. The van der Waals surface area contributed by atoms with Crippen molar-refractivity contribution in [3.63, 3.8) is 0 Å². The molecule has 0 bridgehead atoms. The fraction of sp³-hybridized carbons (Fsp3) is 0.600. The van der Waals surface area contributed by atoms with Gasteiger partial charge in [0.25, 0.3) is 0 Å². The Morgan fingerprint density at radius 2 is 2.00 bits per heavy atom. The molecule has 1 aliphatic heterocycles. The maximum atomic E-state index is 13.0. The summed E-state index contributed by atoms with van der Waals surface area (Å²) in [6.45, 7) is 7.33. The average molecular weight is 394 g/mol. The normalized spacial score (nSPS) is 32.5. The maximum Gasteiger partial charge on any atom is 0.328 e. The van der Waals surface area contributed by atoms with E-state index in [4.69, 9.17) is 14.6 Å². The third-order valence-corrected chi connectivity index (χ3v) is 5.96. The smallest absolute Gasteiger partial charge is 0.328 e. The summed E-state index contributed by atoms with van der Waals surface area (Å²) in [5, 5.41) is 18.5. The number of carboxylic acid groups (broad SMARTS) is 2. The summed E-state index contributed by atoms with van der Waals surface area (Å²) in [6.07, 6.45) is 0.936. The Hall–Kier alpha value is -2.64. The third-order valence-electron chi connectivity index (χ3n) is 5.96. The van der Waals surface area contributed by atoms with Crippen LogP contribution in [0.25, 0.3) is 0 Å². The molecule has 0 aromatic heterocycles. The number of carbonyl (C=O) groups excluding carboxylic acids is 2. The summed E-state index contributed by atoms with van der Waals surface area (Å²) < 4.78 is 10.4. The topological polar surface area (TPSA) is 127 Å². The van der Waals surface area contributed by atoms with E-state index in [2.05, 4.69) is 6.58 Å². The first-order chi connectivity index (χ1) is 13.0. The predicted molar refractivity (Wildman–Crippen MR) is 97.1 cm³/mol. The Bertz CT molecular complexity index is 736. The SMILES string of the molecule is C=C1C[C@@H]2OC(=O)[C@H](C)[C@@H]2[C@@](CC(=O)O)(C(=O)OC)[C@@H]1CC/C(C)=C/C(=O)O. The largest absolute Gasteiger partial charge is 0.481 e. The van der Waals surface area contributed by atoms with E-state index in [9.17, 15) is 24.3 Å². The summed E-state index contributed by atoms with van der Waals surface area (Å²) in [7, 11) is 1.19. The van der Waals surface area contributed by atoms with Gasteiger partial charge in [-0.1, -0.05) is 24.6 Å². The summed E-state index contributed by atoms with van der Waals surface area (Å²) >= 11 is 0. The molecule has 2 rings (SSSR count). The minimum absolute atomic E-state index is 0.320. The molecule has 1 aliphatic carbocycles. The molecule has 5 atom stereocenters. The molecule has 8 heteroatoms. The lowest BCUT2D eigenvalue weighted by Gasteiger charge is -2.49. The van der Waals surface area contributed by atoms with Crippen LogP contribution in [0.15, 0.2) is 23.8 Å². The van der Waals surface area contributed by atoms with Crippen LogP contribution in [0, 0.1) is 23.2 Å². The molecule has 2 aliphatic rings. The quantitative estimate of drug-likeness (QED) is 0.382. The van der Waals surface area contributed by atoms with Crippen molar-refractivity contribution in [3.8, 4) is 0 Å². The van der Waals surface area contributed by atoms with Crippen LogP contribution in [-0.4, -0.2) is 47.3 Å². The van der Waals surface area contributed by atoms with Gasteiger partial charge >= 0.3 is 23.9 Å². The number of aliphatic carboxylic acids is 2. The van der Waals surface area contributed by atoms with Gasteiger partial charge in [-0.05, 0) is 25.7 Å². The standard InChI is InChI=1S/C20H26O8/c1-10(7-15(21)22)5-6-13-11(2)8-14-17(12(3)18(25)28-14)20(13,9-16(23)24)19(26)27-4/h7,12-14,17H,2,5-6,8-9H2,1,3-4H3,(H,21,22)(H,23,24)/b10-7+/t12-,13-,14+,17+,20+/m1/s1. The molecule has 8 nitrogen and oxygen atoms in total. The fourth-order valence-corrected chi connectivity index (χ4v) is 4.89. The number of rotatable bonds is 7. The van der Waals surface area contributed by atoms with Crippen molar-refractivity contribution >= 4 is 23.9 Å². The molecule has 0 amide bonds. The van der Waals surface area contributed by atoms with E-state index in [0.717, 1.165) is 6.08 Å². The molecule has 28 heavy (non-hydrogen) atoms. The number of carbonyl (C=O) groups is 4. The second-order valence-corrected chi connectivity index (χ2v) is 7.67. The van der Waals surface area contributed by atoms with Crippen molar-refractivity contribution < 1.29 is 38.9 Å². The van der Waals surface area contributed by atoms with Crippen LogP contribution >= 0.6 is 0 Å². The molecule has 1 saturated carbocycles. The number of allylic oxidation sites excluding steroid dienone is 1. The van der Waals surface area contributed by atoms with Crippen LogP contribution in [0.5, 0.6) is 0 Å². The number of hydrogen-bond acceptors (Lipinski definition) is 6. The molecule has 1 heterocycles. The summed E-state index contributed by atoms with van der Waals surface area (Å²) in [5.41, 5.74) is -0.309. The van der Waals surface area contributed by atoms with Gasteiger partial charge in [-0.2, -0.15) is 0 Å². The number of carboxylic acids is 2. The minimum atomic E-state index is -1.50. The highest BCUT2D eigenvalue weighted by molar-refractivity contribution is 5.87. The van der Waals surface area contributed by atoms with Crippen LogP contribution in [0.3, 0.4) is 0 Å². The summed E-state index contributed by atoms with van der Waals surface area (Å²) in [6, 6.07) is 0. The van der Waals surface area contributed by atoms with Gasteiger partial charge in [-0.15, -0.1) is 0 Å². The van der Waals surface area contributed by atoms with E-state index < -0.39 is 59.6 Å². The van der Waals surface area contributed by atoms with Crippen LogP contribution in [0.2, 0.25) is 0 Å². The first-order valence-corrected chi connectivity index (χ1v) is 9.13. The predicted octanol–water partition coefficient (Wildman–Crippen LogP) is 2.19. The van der Waals surface area contributed by atoms with Crippen molar-refractivity contribution in [2.24, 2.45) is 23.2 Å². The summed E-state index contributed by atoms with van der Waals surface area (Å²) in [4.78, 5) is 47.8. The molecular weight excluding hydrogens is 368 g/mol. The molecule has 0 unspecified atom stereocenters. The van der Waals surface area contributed by atoms with Gasteiger partial charge < -0.3 is 19.7 Å².